The quantitative estimate of drug-likeness (QED) is 0.117. The Morgan fingerprint density at radius 2 is 1.17 bits per heavy atom. The van der Waals surface area contributed by atoms with E-state index in [2.05, 4.69) is 53.8 Å². The number of aryl methyl sites for hydroxylation is 2. The molecule has 10 rings (SSSR count). The van der Waals surface area contributed by atoms with Crippen LogP contribution in [0, 0.1) is 35.0 Å². The zero-order valence-electron chi connectivity index (χ0n) is 34.7. The molecular formula is C49H34ClN9O6. The SMILES string of the molecule is COC(=O)c1nn(-c2cccc(C#CC3(O)CCc4cccnc43)c2)c2cc(C#N)ncc12.COC(=O)c1nn(-c2cccc(C#CC3(O)CCc4cccnc43)c2)c2cc(Cl)ncc12. The molecule has 16 heteroatoms. The van der Waals surface area contributed by atoms with Gasteiger partial charge in [0.25, 0.3) is 0 Å². The lowest BCUT2D eigenvalue weighted by molar-refractivity contribution is 0.0587. The van der Waals surface area contributed by atoms with Gasteiger partial charge in [0.2, 0.25) is 0 Å². The highest BCUT2D eigenvalue weighted by Gasteiger charge is 2.37. The Kier molecular flexibility index (Phi) is 11.1. The maximum absolute atomic E-state index is 12.2. The van der Waals surface area contributed by atoms with Crippen LogP contribution in [0.2, 0.25) is 5.15 Å². The predicted octanol–water partition coefficient (Wildman–Crippen LogP) is 6.10. The van der Waals surface area contributed by atoms with Gasteiger partial charge < -0.3 is 19.7 Å². The molecule has 0 aliphatic heterocycles. The van der Waals surface area contributed by atoms with Gasteiger partial charge in [-0.2, -0.15) is 15.5 Å². The highest BCUT2D eigenvalue weighted by Crippen LogP contribution is 2.36. The number of nitriles is 1. The number of nitrogens with zero attached hydrogens (tertiary/aromatic N) is 9. The van der Waals surface area contributed by atoms with Crippen LogP contribution in [0.25, 0.3) is 33.2 Å². The van der Waals surface area contributed by atoms with E-state index in [1.165, 1.54) is 26.6 Å². The van der Waals surface area contributed by atoms with E-state index in [0.717, 1.165) is 24.0 Å². The molecule has 2 unspecified atom stereocenters. The number of rotatable bonds is 4. The second-order valence-corrected chi connectivity index (χ2v) is 15.5. The summed E-state index contributed by atoms with van der Waals surface area (Å²) in [6.07, 6.45) is 8.71. The van der Waals surface area contributed by atoms with Gasteiger partial charge in [-0.1, -0.05) is 59.5 Å². The van der Waals surface area contributed by atoms with Crippen molar-refractivity contribution in [3.8, 4) is 41.1 Å². The molecule has 2 aliphatic rings. The van der Waals surface area contributed by atoms with Crippen molar-refractivity contribution in [2.75, 3.05) is 14.2 Å². The minimum absolute atomic E-state index is 0.101. The van der Waals surface area contributed by atoms with Gasteiger partial charge in [-0.15, -0.1) is 0 Å². The zero-order chi connectivity index (χ0) is 45.3. The van der Waals surface area contributed by atoms with Gasteiger partial charge in [0.05, 0.1) is 58.8 Å². The van der Waals surface area contributed by atoms with Crippen molar-refractivity contribution in [1.82, 2.24) is 39.5 Å². The highest BCUT2D eigenvalue weighted by atomic mass is 35.5. The van der Waals surface area contributed by atoms with Crippen molar-refractivity contribution in [1.29, 1.82) is 5.26 Å². The largest absolute Gasteiger partial charge is 0.464 e. The fourth-order valence-corrected chi connectivity index (χ4v) is 8.02. The number of pyridine rings is 4. The molecule has 2 N–H and O–H groups in total. The Labute approximate surface area is 375 Å². The zero-order valence-corrected chi connectivity index (χ0v) is 35.4. The Bertz CT molecular complexity index is 3410. The molecule has 2 aliphatic carbocycles. The molecule has 0 saturated heterocycles. The number of methoxy groups -OCH3 is 2. The summed E-state index contributed by atoms with van der Waals surface area (Å²) in [6.45, 7) is 0. The van der Waals surface area contributed by atoms with E-state index in [1.807, 2.05) is 72.8 Å². The number of aromatic nitrogens is 8. The molecule has 0 bridgehead atoms. The predicted molar refractivity (Wildman–Crippen MR) is 237 cm³/mol. The summed E-state index contributed by atoms with van der Waals surface area (Å²) < 4.78 is 12.8. The van der Waals surface area contributed by atoms with E-state index >= 15 is 0 Å². The first-order chi connectivity index (χ1) is 31.5. The van der Waals surface area contributed by atoms with Crippen LogP contribution >= 0.6 is 11.6 Å². The van der Waals surface area contributed by atoms with Gasteiger partial charge in [-0.25, -0.2) is 28.9 Å². The number of carbonyl (C=O) groups excluding carboxylic acids is 2. The maximum Gasteiger partial charge on any atom is 0.359 e. The van der Waals surface area contributed by atoms with E-state index in [-0.39, 0.29) is 22.2 Å². The van der Waals surface area contributed by atoms with Crippen LogP contribution < -0.4 is 0 Å². The van der Waals surface area contributed by atoms with E-state index in [1.54, 1.807) is 40.0 Å². The second-order valence-electron chi connectivity index (χ2n) is 15.1. The van der Waals surface area contributed by atoms with Crippen LogP contribution in [0.5, 0.6) is 0 Å². The number of hydrogen-bond donors (Lipinski definition) is 2. The van der Waals surface area contributed by atoms with Crippen molar-refractivity contribution in [2.45, 2.75) is 36.9 Å². The molecule has 2 atom stereocenters. The van der Waals surface area contributed by atoms with Gasteiger partial charge >= 0.3 is 11.9 Å². The van der Waals surface area contributed by atoms with E-state index < -0.39 is 23.1 Å². The molecule has 318 valence electrons. The molecule has 0 spiro atoms. The topological polar surface area (TPSA) is 204 Å². The molecule has 2 aromatic carbocycles. The Hall–Kier alpha value is -8.26. The average Bonchev–Trinajstić information content (AvgIpc) is 4.11. The molecule has 15 nitrogen and oxygen atoms in total. The molecule has 6 aromatic heterocycles. The molecule has 0 fully saturated rings. The number of hydrogen-bond acceptors (Lipinski definition) is 13. The standard InChI is InChI=1S/C25H17N5O3.C24H17ClN4O3/c1-33-24(31)22-20-15-28-18(14-26)13-21(20)30(29-22)19-6-2-4-16(12-19)7-9-25(32)10-8-17-5-3-11-27-23(17)25;1-32-23(30)21-18-14-27-20(25)13-19(18)29(28-21)17-6-2-4-15(12-17)7-9-24(31)10-8-16-5-3-11-26-22(16)24/h2-6,11-13,15,32H,8,10H2,1H3;2-6,11-14,31H,8,10H2,1H3. The van der Waals surface area contributed by atoms with Gasteiger partial charge in [-0.3, -0.25) is 9.97 Å². The number of halogens is 1. The Morgan fingerprint density at radius 1 is 0.677 bits per heavy atom. The number of esters is 2. The molecule has 0 radical (unpaired) electrons. The third-order valence-corrected chi connectivity index (χ3v) is 11.3. The summed E-state index contributed by atoms with van der Waals surface area (Å²) in [4.78, 5) is 41.2. The molecule has 6 heterocycles. The number of ether oxygens (including phenoxy) is 2. The summed E-state index contributed by atoms with van der Waals surface area (Å²) >= 11 is 6.09. The molecule has 65 heavy (non-hydrogen) atoms. The number of aliphatic hydroxyl groups is 2. The molecule has 8 aromatic rings. The first kappa shape index (κ1) is 42.1. The van der Waals surface area contributed by atoms with Crippen molar-refractivity contribution < 1.29 is 29.3 Å². The molecular weight excluding hydrogens is 846 g/mol. The smallest absolute Gasteiger partial charge is 0.359 e. The Balaban J connectivity index is 0.000000164. The summed E-state index contributed by atoms with van der Waals surface area (Å²) in [5, 5.41) is 41.4. The Morgan fingerprint density at radius 3 is 1.66 bits per heavy atom. The lowest BCUT2D eigenvalue weighted by Gasteiger charge is -2.15. The van der Waals surface area contributed by atoms with Gasteiger partial charge in [0.1, 0.15) is 16.9 Å². The highest BCUT2D eigenvalue weighted by molar-refractivity contribution is 6.30. The van der Waals surface area contributed by atoms with Crippen LogP contribution in [0.3, 0.4) is 0 Å². The molecule has 0 saturated carbocycles. The lowest BCUT2D eigenvalue weighted by Crippen LogP contribution is -2.20. The monoisotopic (exact) mass is 879 g/mol. The van der Waals surface area contributed by atoms with Crippen LogP contribution in [0.15, 0.2) is 110 Å². The summed E-state index contributed by atoms with van der Waals surface area (Å²) in [7, 11) is 2.58. The fourth-order valence-electron chi connectivity index (χ4n) is 7.86. The van der Waals surface area contributed by atoms with E-state index in [0.29, 0.717) is 68.5 Å². The fraction of sp³-hybridized carbons (Fsp3) is 0.163. The van der Waals surface area contributed by atoms with Crippen LogP contribution in [-0.2, 0) is 33.5 Å². The van der Waals surface area contributed by atoms with Gasteiger partial charge in [0.15, 0.2) is 22.6 Å². The van der Waals surface area contributed by atoms with Gasteiger partial charge in [-0.05, 0) is 85.3 Å². The van der Waals surface area contributed by atoms with Gasteiger partial charge in [0, 0.05) is 48.0 Å². The van der Waals surface area contributed by atoms with Crippen molar-refractivity contribution >= 4 is 45.3 Å². The van der Waals surface area contributed by atoms with Crippen molar-refractivity contribution in [3.63, 3.8) is 0 Å². The van der Waals surface area contributed by atoms with Crippen molar-refractivity contribution in [3.05, 3.63) is 166 Å². The summed E-state index contributed by atoms with van der Waals surface area (Å²) in [6, 6.07) is 27.4. The number of carbonyl (C=O) groups is 2. The number of fused-ring (bicyclic) bond motifs is 4. The maximum atomic E-state index is 12.2. The number of benzene rings is 2. The minimum atomic E-state index is -1.30. The van der Waals surface area contributed by atoms with Crippen LogP contribution in [0.4, 0.5) is 0 Å². The summed E-state index contributed by atoms with van der Waals surface area (Å²) in [5.41, 5.74) is 4.92. The second kappa shape index (κ2) is 17.1. The van der Waals surface area contributed by atoms with E-state index in [9.17, 15) is 25.1 Å². The first-order valence-electron chi connectivity index (χ1n) is 20.1. The normalized spacial score (nSPS) is 16.7. The third-order valence-electron chi connectivity index (χ3n) is 11.1. The first-order valence-corrected chi connectivity index (χ1v) is 20.5. The third kappa shape index (κ3) is 8.01. The molecule has 0 amide bonds. The van der Waals surface area contributed by atoms with E-state index in [4.69, 9.17) is 21.1 Å². The minimum Gasteiger partial charge on any atom is -0.464 e. The summed E-state index contributed by atoms with van der Waals surface area (Å²) in [5.74, 6) is 10.9. The van der Waals surface area contributed by atoms with Crippen LogP contribution in [-0.4, -0.2) is 75.9 Å². The average molecular weight is 880 g/mol. The van der Waals surface area contributed by atoms with Crippen LogP contribution in [0.1, 0.15) is 73.2 Å². The lowest BCUT2D eigenvalue weighted by atomic mass is 10.0. The van der Waals surface area contributed by atoms with Crippen molar-refractivity contribution in [2.24, 2.45) is 0 Å².